The summed E-state index contributed by atoms with van der Waals surface area (Å²) >= 11 is 0. The van der Waals surface area contributed by atoms with E-state index in [1.54, 1.807) is 7.11 Å². The van der Waals surface area contributed by atoms with Crippen LogP contribution in [0.25, 0.3) is 0 Å². The molecule has 0 saturated heterocycles. The molecule has 0 bridgehead atoms. The van der Waals surface area contributed by atoms with E-state index in [1.165, 1.54) is 0 Å². The molecule has 0 aromatic heterocycles. The first kappa shape index (κ1) is 14.5. The predicted octanol–water partition coefficient (Wildman–Crippen LogP) is 1.12. The van der Waals surface area contributed by atoms with Crippen molar-refractivity contribution in [1.29, 1.82) is 0 Å². The van der Waals surface area contributed by atoms with Gasteiger partial charge in [-0.25, -0.2) is 5.84 Å². The Morgan fingerprint density at radius 3 is 2.39 bits per heavy atom. The van der Waals surface area contributed by atoms with Gasteiger partial charge in [-0.3, -0.25) is 10.2 Å². The molecule has 1 atom stereocenters. The van der Waals surface area contributed by atoms with E-state index in [0.29, 0.717) is 0 Å². The fourth-order valence-electron chi connectivity index (χ4n) is 1.91. The first-order chi connectivity index (χ1) is 8.42. The monoisotopic (exact) mass is 251 g/mol. The maximum atomic E-state index is 11.5. The number of ether oxygens (including phenoxy) is 1. The lowest BCUT2D eigenvalue weighted by Crippen LogP contribution is -2.38. The van der Waals surface area contributed by atoms with Gasteiger partial charge in [0.1, 0.15) is 11.8 Å². The van der Waals surface area contributed by atoms with Crippen LogP contribution in [0.4, 0.5) is 0 Å². The molecule has 0 aliphatic carbocycles. The molecular formula is C13H21N3O2. The Hall–Kier alpha value is -1.59. The highest BCUT2D eigenvalue weighted by Crippen LogP contribution is 2.31. The highest BCUT2D eigenvalue weighted by molar-refractivity contribution is 5.83. The molecule has 1 amide bonds. The second kappa shape index (κ2) is 5.84. The van der Waals surface area contributed by atoms with E-state index in [4.69, 9.17) is 16.3 Å². The second-order valence-electron chi connectivity index (χ2n) is 4.59. The molecule has 0 saturated carbocycles. The molecule has 0 radical (unpaired) electrons. The summed E-state index contributed by atoms with van der Waals surface area (Å²) in [4.78, 5) is 11.5. The summed E-state index contributed by atoms with van der Waals surface area (Å²) in [6.07, 6.45) is 0. The third-order valence-corrected chi connectivity index (χ3v) is 3.00. The molecule has 5 nitrogen and oxygen atoms in total. The number of methoxy groups -OCH3 is 1. The number of benzene rings is 1. The van der Waals surface area contributed by atoms with Gasteiger partial charge in [-0.15, -0.1) is 0 Å². The van der Waals surface area contributed by atoms with Gasteiger partial charge in [0.2, 0.25) is 0 Å². The molecule has 0 aliphatic rings. The molecule has 5 N–H and O–H groups in total. The van der Waals surface area contributed by atoms with Crippen LogP contribution < -0.4 is 21.7 Å². The molecule has 1 aromatic rings. The van der Waals surface area contributed by atoms with Gasteiger partial charge in [0, 0.05) is 0 Å². The van der Waals surface area contributed by atoms with Crippen molar-refractivity contribution in [2.24, 2.45) is 11.6 Å². The number of hydrogen-bond acceptors (Lipinski definition) is 4. The van der Waals surface area contributed by atoms with Crippen LogP contribution in [0.15, 0.2) is 12.1 Å². The van der Waals surface area contributed by atoms with Crippen LogP contribution in [0.5, 0.6) is 5.75 Å². The van der Waals surface area contributed by atoms with Gasteiger partial charge < -0.3 is 10.5 Å². The molecule has 18 heavy (non-hydrogen) atoms. The lowest BCUT2D eigenvalue weighted by atomic mass is 9.93. The summed E-state index contributed by atoms with van der Waals surface area (Å²) < 4.78 is 5.34. The summed E-state index contributed by atoms with van der Waals surface area (Å²) in [7, 11) is 1.63. The van der Waals surface area contributed by atoms with E-state index in [1.807, 2.05) is 19.1 Å². The third kappa shape index (κ3) is 2.80. The maximum Gasteiger partial charge on any atom is 0.255 e. The molecule has 1 rings (SSSR count). The van der Waals surface area contributed by atoms with Gasteiger partial charge in [-0.05, 0) is 41.7 Å². The molecule has 0 aliphatic heterocycles. The van der Waals surface area contributed by atoms with Crippen molar-refractivity contribution >= 4 is 5.91 Å². The van der Waals surface area contributed by atoms with Crippen LogP contribution in [0.3, 0.4) is 0 Å². The van der Waals surface area contributed by atoms with Crippen LogP contribution in [0.1, 0.15) is 42.5 Å². The largest absolute Gasteiger partial charge is 0.496 e. The first-order valence-electron chi connectivity index (χ1n) is 5.86. The Balaban J connectivity index is 3.29. The van der Waals surface area contributed by atoms with E-state index in [0.717, 1.165) is 22.4 Å². The van der Waals surface area contributed by atoms with E-state index in [-0.39, 0.29) is 5.92 Å². The second-order valence-corrected chi connectivity index (χ2v) is 4.59. The number of amides is 1. The zero-order valence-corrected chi connectivity index (χ0v) is 11.3. The zero-order valence-electron chi connectivity index (χ0n) is 11.3. The predicted molar refractivity (Wildman–Crippen MR) is 71.1 cm³/mol. The summed E-state index contributed by atoms with van der Waals surface area (Å²) in [6, 6.07) is 3.05. The molecule has 1 aromatic carbocycles. The van der Waals surface area contributed by atoms with Crippen molar-refractivity contribution in [2.75, 3.05) is 7.11 Å². The maximum absolute atomic E-state index is 11.5. The molecule has 1 unspecified atom stereocenters. The van der Waals surface area contributed by atoms with E-state index < -0.39 is 11.9 Å². The van der Waals surface area contributed by atoms with Crippen LogP contribution >= 0.6 is 0 Å². The summed E-state index contributed by atoms with van der Waals surface area (Å²) in [5.74, 6) is 5.80. The lowest BCUT2D eigenvalue weighted by Gasteiger charge is -2.19. The molecule has 5 heteroatoms. The molecule has 0 heterocycles. The number of rotatable bonds is 4. The Bertz CT molecular complexity index is 444. The smallest absolute Gasteiger partial charge is 0.255 e. The van der Waals surface area contributed by atoms with Crippen molar-refractivity contribution in [3.63, 3.8) is 0 Å². The van der Waals surface area contributed by atoms with Gasteiger partial charge in [-0.2, -0.15) is 0 Å². The van der Waals surface area contributed by atoms with Crippen LogP contribution in [0, 0.1) is 6.92 Å². The Labute approximate surface area is 107 Å². The number of nitrogens with two attached hydrogens (primary N) is 2. The Kier molecular flexibility index (Phi) is 4.69. The zero-order chi connectivity index (χ0) is 13.9. The van der Waals surface area contributed by atoms with Crippen molar-refractivity contribution in [3.8, 4) is 5.75 Å². The van der Waals surface area contributed by atoms with Gasteiger partial charge in [0.05, 0.1) is 7.11 Å². The average molecular weight is 251 g/mol. The molecule has 100 valence electrons. The number of hydrazine groups is 1. The number of aryl methyl sites for hydroxylation is 1. The van der Waals surface area contributed by atoms with Gasteiger partial charge in [0.15, 0.2) is 0 Å². The molecule has 0 spiro atoms. The Morgan fingerprint density at radius 1 is 1.33 bits per heavy atom. The number of carbonyl (C=O) groups excluding carboxylic acids is 1. The van der Waals surface area contributed by atoms with Crippen molar-refractivity contribution in [2.45, 2.75) is 32.7 Å². The van der Waals surface area contributed by atoms with Crippen molar-refractivity contribution in [1.82, 2.24) is 5.43 Å². The SMILES string of the molecule is COc1cc(C)c(C(N)C(=O)NN)cc1C(C)C. The quantitative estimate of drug-likeness (QED) is 0.425. The number of nitrogens with one attached hydrogen (secondary N) is 1. The summed E-state index contributed by atoms with van der Waals surface area (Å²) in [5, 5.41) is 0. The molecule has 0 fully saturated rings. The van der Waals surface area contributed by atoms with E-state index in [2.05, 4.69) is 19.3 Å². The van der Waals surface area contributed by atoms with Crippen LogP contribution in [-0.2, 0) is 4.79 Å². The minimum Gasteiger partial charge on any atom is -0.496 e. The van der Waals surface area contributed by atoms with Crippen LogP contribution in [0.2, 0.25) is 0 Å². The standard InChI is InChI=1S/C13H21N3O2/c1-7(2)9-6-10(12(14)13(17)16-15)8(3)5-11(9)18-4/h5-7,12H,14-15H2,1-4H3,(H,16,17). The molecular weight excluding hydrogens is 230 g/mol. The summed E-state index contributed by atoms with van der Waals surface area (Å²) in [5.41, 5.74) is 10.7. The van der Waals surface area contributed by atoms with Gasteiger partial charge >= 0.3 is 0 Å². The summed E-state index contributed by atoms with van der Waals surface area (Å²) in [6.45, 7) is 6.02. The van der Waals surface area contributed by atoms with Gasteiger partial charge in [0.25, 0.3) is 5.91 Å². The lowest BCUT2D eigenvalue weighted by molar-refractivity contribution is -0.122. The fourth-order valence-corrected chi connectivity index (χ4v) is 1.91. The average Bonchev–Trinajstić information content (AvgIpc) is 2.36. The van der Waals surface area contributed by atoms with E-state index in [9.17, 15) is 4.79 Å². The third-order valence-electron chi connectivity index (χ3n) is 3.00. The Morgan fingerprint density at radius 2 is 1.94 bits per heavy atom. The minimum absolute atomic E-state index is 0.285. The highest BCUT2D eigenvalue weighted by atomic mass is 16.5. The minimum atomic E-state index is -0.765. The fraction of sp³-hybridized carbons (Fsp3) is 0.462. The van der Waals surface area contributed by atoms with Crippen LogP contribution in [-0.4, -0.2) is 13.0 Å². The van der Waals surface area contributed by atoms with Gasteiger partial charge in [-0.1, -0.05) is 13.8 Å². The first-order valence-corrected chi connectivity index (χ1v) is 5.86. The topological polar surface area (TPSA) is 90.4 Å². The highest BCUT2D eigenvalue weighted by Gasteiger charge is 2.20. The van der Waals surface area contributed by atoms with Crippen molar-refractivity contribution < 1.29 is 9.53 Å². The van der Waals surface area contributed by atoms with E-state index >= 15 is 0 Å². The number of carbonyl (C=O) groups is 1. The number of hydrogen-bond donors (Lipinski definition) is 3. The normalized spacial score (nSPS) is 12.4. The van der Waals surface area contributed by atoms with Crippen molar-refractivity contribution in [3.05, 3.63) is 28.8 Å².